The van der Waals surface area contributed by atoms with Gasteiger partial charge >= 0.3 is 0 Å². The minimum absolute atomic E-state index is 0. The Kier molecular flexibility index (Phi) is 3.18. The van der Waals surface area contributed by atoms with Crippen LogP contribution in [0.1, 0.15) is 50.7 Å². The maximum Gasteiger partial charge on any atom is 0.0220 e. The molecule has 0 nitrogen and oxygen atoms in total. The van der Waals surface area contributed by atoms with Crippen LogP contribution in [0.2, 0.25) is 0 Å². The van der Waals surface area contributed by atoms with Gasteiger partial charge in [-0.2, -0.15) is 0 Å². The number of benzene rings is 1. The van der Waals surface area contributed by atoms with E-state index in [1.807, 2.05) is 0 Å². The normalized spacial score (nSPS) is 48.7. The molecule has 0 saturated heterocycles. The van der Waals surface area contributed by atoms with Gasteiger partial charge in [0, 0.05) is 5.41 Å². The summed E-state index contributed by atoms with van der Waals surface area (Å²) in [5.74, 6) is 8.00. The zero-order valence-corrected chi connectivity index (χ0v) is 16.4. The highest BCUT2D eigenvalue weighted by Crippen LogP contribution is 2.75. The lowest BCUT2D eigenvalue weighted by molar-refractivity contribution is 0.108. The summed E-state index contributed by atoms with van der Waals surface area (Å²) in [4.78, 5) is 0. The highest BCUT2D eigenvalue weighted by Gasteiger charge is 2.68. The molecule has 8 rings (SSSR count). The van der Waals surface area contributed by atoms with E-state index >= 15 is 0 Å². The summed E-state index contributed by atoms with van der Waals surface area (Å²) in [7, 11) is 0. The molecular formula is C29H32. The highest BCUT2D eigenvalue weighted by molar-refractivity contribution is 5.88. The first kappa shape index (κ1) is 16.9. The van der Waals surface area contributed by atoms with Crippen molar-refractivity contribution in [2.24, 2.45) is 47.3 Å². The van der Waals surface area contributed by atoms with Crippen LogP contribution >= 0.6 is 0 Å². The average molecular weight is 381 g/mol. The molecule has 8 atom stereocenters. The maximum absolute atomic E-state index is 2.61. The fourth-order valence-corrected chi connectivity index (χ4v) is 9.78. The van der Waals surface area contributed by atoms with Crippen molar-refractivity contribution < 1.29 is 0 Å². The molecule has 148 valence electrons. The molecule has 0 radical (unpaired) electrons. The van der Waals surface area contributed by atoms with Gasteiger partial charge in [-0.05, 0) is 102 Å². The van der Waals surface area contributed by atoms with Gasteiger partial charge in [0.15, 0.2) is 0 Å². The molecule has 0 amide bonds. The van der Waals surface area contributed by atoms with Crippen molar-refractivity contribution >= 4 is 5.57 Å². The third-order valence-corrected chi connectivity index (χ3v) is 10.3. The molecule has 7 aliphatic rings. The number of hydrogen-bond acceptors (Lipinski definition) is 0. The van der Waals surface area contributed by atoms with Crippen LogP contribution in [0.3, 0.4) is 0 Å². The van der Waals surface area contributed by atoms with Crippen LogP contribution < -0.4 is 0 Å². The molecule has 0 heterocycles. The predicted octanol–water partition coefficient (Wildman–Crippen LogP) is 6.96. The van der Waals surface area contributed by atoms with Gasteiger partial charge in [-0.3, -0.25) is 0 Å². The minimum Gasteiger partial charge on any atom is -0.0848 e. The monoisotopic (exact) mass is 380 g/mol. The zero-order valence-electron chi connectivity index (χ0n) is 16.4. The molecule has 4 bridgehead atoms. The molecule has 1 spiro atoms. The molecule has 7 aliphatic carbocycles. The number of allylic oxidation sites excluding steroid dienone is 8. The van der Waals surface area contributed by atoms with E-state index in [0.29, 0.717) is 5.41 Å². The third kappa shape index (κ3) is 1.80. The fraction of sp³-hybridized carbons (Fsp3) is 0.517. The average Bonchev–Trinajstić information content (AvgIpc) is 3.51. The quantitative estimate of drug-likeness (QED) is 0.337. The van der Waals surface area contributed by atoms with Crippen LogP contribution in [0.4, 0.5) is 0 Å². The first-order valence-corrected chi connectivity index (χ1v) is 11.7. The highest BCUT2D eigenvalue weighted by atomic mass is 14.7. The fourth-order valence-electron chi connectivity index (χ4n) is 9.78. The lowest BCUT2D eigenvalue weighted by atomic mass is 9.66. The van der Waals surface area contributed by atoms with Gasteiger partial charge < -0.3 is 0 Å². The number of fused-ring (bicyclic) bond motifs is 16. The Balaban J connectivity index is 0.00000153. The van der Waals surface area contributed by atoms with Crippen LogP contribution in [-0.4, -0.2) is 0 Å². The van der Waals surface area contributed by atoms with E-state index in [1.165, 1.54) is 24.8 Å². The molecule has 29 heavy (non-hydrogen) atoms. The molecule has 0 heteroatoms. The molecule has 8 unspecified atom stereocenters. The van der Waals surface area contributed by atoms with Crippen molar-refractivity contribution in [3.63, 3.8) is 0 Å². The van der Waals surface area contributed by atoms with Gasteiger partial charge in [-0.15, -0.1) is 0 Å². The van der Waals surface area contributed by atoms with Gasteiger partial charge in [-0.1, -0.05) is 68.1 Å². The lowest BCUT2D eigenvalue weighted by Crippen LogP contribution is -2.34. The second-order valence-corrected chi connectivity index (χ2v) is 10.9. The Morgan fingerprint density at radius 2 is 1.45 bits per heavy atom. The second kappa shape index (κ2) is 5.45. The van der Waals surface area contributed by atoms with Crippen molar-refractivity contribution in [2.45, 2.75) is 44.9 Å². The predicted molar refractivity (Wildman–Crippen MR) is 120 cm³/mol. The summed E-state index contributed by atoms with van der Waals surface area (Å²) in [6, 6.07) is 9.41. The molecule has 1 aromatic rings. The van der Waals surface area contributed by atoms with E-state index < -0.39 is 0 Å². The van der Waals surface area contributed by atoms with E-state index in [9.17, 15) is 0 Å². The van der Waals surface area contributed by atoms with Crippen LogP contribution in [0.5, 0.6) is 0 Å². The third-order valence-electron chi connectivity index (χ3n) is 10.3. The van der Waals surface area contributed by atoms with Crippen LogP contribution in [0.25, 0.3) is 5.57 Å². The van der Waals surface area contributed by atoms with Gasteiger partial charge in [0.2, 0.25) is 0 Å². The topological polar surface area (TPSA) is 0 Å². The summed E-state index contributed by atoms with van der Waals surface area (Å²) >= 11 is 0. The first-order chi connectivity index (χ1) is 13.9. The van der Waals surface area contributed by atoms with Crippen molar-refractivity contribution in [1.29, 1.82) is 0 Å². The molecule has 1 aromatic carbocycles. The summed E-state index contributed by atoms with van der Waals surface area (Å²) in [6.07, 6.45) is 22.0. The van der Waals surface area contributed by atoms with Crippen LogP contribution in [0, 0.1) is 47.3 Å². The number of rotatable bonds is 0. The molecule has 4 saturated carbocycles. The van der Waals surface area contributed by atoms with Crippen molar-refractivity contribution in [2.75, 3.05) is 0 Å². The zero-order chi connectivity index (χ0) is 18.0. The largest absolute Gasteiger partial charge is 0.0848 e. The van der Waals surface area contributed by atoms with Crippen molar-refractivity contribution in [3.8, 4) is 0 Å². The van der Waals surface area contributed by atoms with Crippen molar-refractivity contribution in [1.82, 2.24) is 0 Å². The molecule has 0 aromatic heterocycles. The first-order valence-electron chi connectivity index (χ1n) is 11.7. The van der Waals surface area contributed by atoms with E-state index in [0.717, 1.165) is 53.8 Å². The Morgan fingerprint density at radius 1 is 0.759 bits per heavy atom. The molecule has 0 aliphatic heterocycles. The molecular weight excluding hydrogens is 348 g/mol. The standard InChI is InChI=1S/C28H28.CH4/c1-2-6-18-19-7-4-5-9-25(19)28(24(18)8-3-1)14-22-20-13-21(23(22)15-28)27-17-11-10-16(12-17)26(20)27;/h2-11,16-17,20-23,26-27H,1,12-15H2;1H4. The van der Waals surface area contributed by atoms with Crippen LogP contribution in [-0.2, 0) is 5.41 Å². The minimum atomic E-state index is 0. The SMILES string of the molecule is C.C1=CC2=C(C=CC1)C1(CC3C(C1)C1CC3C3C4C=CC(C4)C13)c1ccccc12. The Bertz CT molecular complexity index is 984. The van der Waals surface area contributed by atoms with E-state index in [2.05, 4.69) is 60.7 Å². The van der Waals surface area contributed by atoms with E-state index in [4.69, 9.17) is 0 Å². The Morgan fingerprint density at radius 3 is 2.21 bits per heavy atom. The summed E-state index contributed by atoms with van der Waals surface area (Å²) in [5, 5.41) is 0. The van der Waals surface area contributed by atoms with E-state index in [1.54, 1.807) is 23.1 Å². The Hall–Kier alpha value is -1.82. The van der Waals surface area contributed by atoms with Crippen LogP contribution in [0.15, 0.2) is 66.3 Å². The molecule has 0 N–H and O–H groups in total. The van der Waals surface area contributed by atoms with Gasteiger partial charge in [0.1, 0.15) is 0 Å². The maximum atomic E-state index is 2.61. The van der Waals surface area contributed by atoms with E-state index in [-0.39, 0.29) is 7.43 Å². The summed E-state index contributed by atoms with van der Waals surface area (Å²) in [5.41, 5.74) is 6.72. The van der Waals surface area contributed by atoms with Gasteiger partial charge in [0.25, 0.3) is 0 Å². The summed E-state index contributed by atoms with van der Waals surface area (Å²) in [6.45, 7) is 0. The van der Waals surface area contributed by atoms with Gasteiger partial charge in [-0.25, -0.2) is 0 Å². The number of hydrogen-bond donors (Lipinski definition) is 0. The smallest absolute Gasteiger partial charge is 0.0220 e. The lowest BCUT2D eigenvalue weighted by Gasteiger charge is -2.39. The summed E-state index contributed by atoms with van der Waals surface area (Å²) < 4.78 is 0. The van der Waals surface area contributed by atoms with Crippen molar-refractivity contribution in [3.05, 3.63) is 77.4 Å². The van der Waals surface area contributed by atoms with Gasteiger partial charge in [0.05, 0.1) is 0 Å². The molecule has 4 fully saturated rings. The second-order valence-electron chi connectivity index (χ2n) is 10.9. The Labute approximate surface area is 175 Å².